The summed E-state index contributed by atoms with van der Waals surface area (Å²) in [6, 6.07) is 7.82. The molecule has 0 N–H and O–H groups in total. The molecular formula is C20H25NO4. The maximum Gasteiger partial charge on any atom is 0.329 e. The number of benzene rings is 1. The van der Waals surface area contributed by atoms with Crippen LogP contribution in [-0.4, -0.2) is 30.3 Å². The van der Waals surface area contributed by atoms with Crippen molar-refractivity contribution in [3.63, 3.8) is 0 Å². The second-order valence-corrected chi connectivity index (χ2v) is 8.37. The van der Waals surface area contributed by atoms with E-state index in [1.165, 1.54) is 0 Å². The Balaban J connectivity index is 1.89. The van der Waals surface area contributed by atoms with Crippen molar-refractivity contribution in [2.24, 2.45) is 17.3 Å². The zero-order valence-electron chi connectivity index (χ0n) is 15.2. The Bertz CT molecular complexity index is 721. The first-order valence-corrected chi connectivity index (χ1v) is 9.06. The van der Waals surface area contributed by atoms with Crippen LogP contribution in [0.1, 0.15) is 39.7 Å². The van der Waals surface area contributed by atoms with E-state index in [1.807, 2.05) is 18.2 Å². The van der Waals surface area contributed by atoms with Gasteiger partial charge in [0.2, 0.25) is 0 Å². The van der Waals surface area contributed by atoms with Gasteiger partial charge in [-0.05, 0) is 29.9 Å². The van der Waals surface area contributed by atoms with Crippen molar-refractivity contribution in [3.8, 4) is 0 Å². The topological polar surface area (TPSA) is 55.8 Å². The van der Waals surface area contributed by atoms with E-state index in [0.29, 0.717) is 12.3 Å². The number of fused-ring (bicyclic) bond motifs is 4. The van der Waals surface area contributed by atoms with Crippen LogP contribution in [0, 0.1) is 17.3 Å². The normalized spacial score (nSPS) is 32.5. The number of carbonyl (C=O) groups excluding carboxylic acids is 2. The number of nitrogens with zero attached hydrogens (tertiary/aromatic N) is 1. The molecule has 1 spiro atoms. The van der Waals surface area contributed by atoms with Crippen LogP contribution in [0.3, 0.4) is 0 Å². The molecule has 3 heterocycles. The number of para-hydroxylation sites is 1. The summed E-state index contributed by atoms with van der Waals surface area (Å²) in [6.45, 7) is 8.39. The molecular weight excluding hydrogens is 318 g/mol. The van der Waals surface area contributed by atoms with Gasteiger partial charge >= 0.3 is 11.9 Å². The summed E-state index contributed by atoms with van der Waals surface area (Å²) in [5.74, 6) is -1.40. The summed E-state index contributed by atoms with van der Waals surface area (Å²) in [5.41, 5.74) is 0.860. The molecule has 134 valence electrons. The molecule has 2 saturated heterocycles. The number of piperidine rings is 1. The molecule has 25 heavy (non-hydrogen) atoms. The van der Waals surface area contributed by atoms with E-state index < -0.39 is 23.1 Å². The summed E-state index contributed by atoms with van der Waals surface area (Å²) >= 11 is 0. The Hall–Kier alpha value is -2.04. The third-order valence-electron chi connectivity index (χ3n) is 5.84. The van der Waals surface area contributed by atoms with E-state index >= 15 is 0 Å². The summed E-state index contributed by atoms with van der Waals surface area (Å²) < 4.78 is 11.1. The predicted octanol–water partition coefficient (Wildman–Crippen LogP) is 2.92. The molecule has 5 heteroatoms. The molecule has 0 aromatic heterocycles. The van der Waals surface area contributed by atoms with Gasteiger partial charge in [-0.2, -0.15) is 0 Å². The minimum atomic E-state index is -1.27. The van der Waals surface area contributed by atoms with Crippen LogP contribution in [0.4, 0.5) is 5.69 Å². The maximum atomic E-state index is 13.1. The zero-order valence-corrected chi connectivity index (χ0v) is 15.2. The summed E-state index contributed by atoms with van der Waals surface area (Å²) in [5, 5.41) is 0. The van der Waals surface area contributed by atoms with Gasteiger partial charge in [-0.1, -0.05) is 32.0 Å². The minimum absolute atomic E-state index is 0.193. The van der Waals surface area contributed by atoms with Crippen LogP contribution in [0.15, 0.2) is 24.3 Å². The molecule has 5 nitrogen and oxygen atoms in total. The fourth-order valence-corrected chi connectivity index (χ4v) is 5.06. The lowest BCUT2D eigenvalue weighted by molar-refractivity contribution is -0.254. The minimum Gasteiger partial charge on any atom is -0.422 e. The molecule has 0 amide bonds. The second kappa shape index (κ2) is 5.23. The highest BCUT2D eigenvalue weighted by Crippen LogP contribution is 2.51. The van der Waals surface area contributed by atoms with Gasteiger partial charge < -0.3 is 14.4 Å². The van der Waals surface area contributed by atoms with E-state index in [9.17, 15) is 9.59 Å². The van der Waals surface area contributed by atoms with Gasteiger partial charge in [0.05, 0.1) is 6.04 Å². The third-order valence-corrected chi connectivity index (χ3v) is 5.84. The van der Waals surface area contributed by atoms with E-state index in [4.69, 9.17) is 9.47 Å². The van der Waals surface area contributed by atoms with E-state index in [-0.39, 0.29) is 12.0 Å². The van der Waals surface area contributed by atoms with Crippen LogP contribution >= 0.6 is 0 Å². The van der Waals surface area contributed by atoms with Crippen molar-refractivity contribution >= 4 is 17.6 Å². The Labute approximate surface area is 148 Å². The van der Waals surface area contributed by atoms with Gasteiger partial charge in [0, 0.05) is 32.5 Å². The monoisotopic (exact) mass is 343 g/mol. The molecule has 1 aromatic rings. The number of rotatable bonds is 0. The first kappa shape index (κ1) is 16.4. The molecule has 1 aromatic carbocycles. The Morgan fingerprint density at radius 1 is 1.08 bits per heavy atom. The SMILES string of the molecule is C[C@@H]1C[C@@H](C)[C@@H]2N(C1)c1ccccc1CC21C(=O)OC(C)(C)OC1=O. The molecule has 0 unspecified atom stereocenters. The van der Waals surface area contributed by atoms with Crippen LogP contribution in [0.25, 0.3) is 0 Å². The number of anilines is 1. The lowest BCUT2D eigenvalue weighted by Gasteiger charge is -2.56. The maximum absolute atomic E-state index is 13.1. The summed E-state index contributed by atoms with van der Waals surface area (Å²) in [6.07, 6.45) is 1.33. The number of hydrogen-bond acceptors (Lipinski definition) is 5. The Kier molecular flexibility index (Phi) is 3.44. The number of carbonyl (C=O) groups is 2. The van der Waals surface area contributed by atoms with Gasteiger partial charge in [-0.15, -0.1) is 0 Å². The summed E-state index contributed by atoms with van der Waals surface area (Å²) in [7, 11) is 0. The van der Waals surface area contributed by atoms with Gasteiger partial charge in [-0.25, -0.2) is 0 Å². The molecule has 0 radical (unpaired) electrons. The van der Waals surface area contributed by atoms with Gasteiger partial charge in [0.15, 0.2) is 5.41 Å². The van der Waals surface area contributed by atoms with Crippen LogP contribution in [-0.2, 0) is 25.5 Å². The van der Waals surface area contributed by atoms with E-state index in [2.05, 4.69) is 24.8 Å². The molecule has 0 saturated carbocycles. The lowest BCUT2D eigenvalue weighted by Crippen LogP contribution is -2.69. The lowest BCUT2D eigenvalue weighted by atomic mass is 9.63. The van der Waals surface area contributed by atoms with Crippen molar-refractivity contribution in [3.05, 3.63) is 29.8 Å². The molecule has 3 atom stereocenters. The van der Waals surface area contributed by atoms with Crippen LogP contribution in [0.5, 0.6) is 0 Å². The van der Waals surface area contributed by atoms with E-state index in [1.54, 1.807) is 13.8 Å². The number of hydrogen-bond donors (Lipinski definition) is 0. The smallest absolute Gasteiger partial charge is 0.329 e. The Morgan fingerprint density at radius 2 is 1.72 bits per heavy atom. The molecule has 3 aliphatic rings. The fraction of sp³-hybridized carbons (Fsp3) is 0.600. The van der Waals surface area contributed by atoms with Crippen LogP contribution in [0.2, 0.25) is 0 Å². The van der Waals surface area contributed by atoms with Gasteiger partial charge in [-0.3, -0.25) is 9.59 Å². The van der Waals surface area contributed by atoms with Crippen molar-refractivity contribution in [2.75, 3.05) is 11.4 Å². The van der Waals surface area contributed by atoms with Gasteiger partial charge in [0.1, 0.15) is 0 Å². The highest BCUT2D eigenvalue weighted by Gasteiger charge is 2.65. The molecule has 3 aliphatic heterocycles. The molecule has 0 aliphatic carbocycles. The van der Waals surface area contributed by atoms with E-state index in [0.717, 1.165) is 24.2 Å². The van der Waals surface area contributed by atoms with Crippen molar-refractivity contribution < 1.29 is 19.1 Å². The molecule has 2 fully saturated rings. The van der Waals surface area contributed by atoms with Crippen molar-refractivity contribution in [2.45, 2.75) is 52.4 Å². The molecule has 4 rings (SSSR count). The average molecular weight is 343 g/mol. The van der Waals surface area contributed by atoms with Crippen molar-refractivity contribution in [1.82, 2.24) is 0 Å². The highest BCUT2D eigenvalue weighted by molar-refractivity contribution is 6.04. The molecule has 0 bridgehead atoms. The third kappa shape index (κ3) is 2.28. The van der Waals surface area contributed by atoms with Crippen molar-refractivity contribution in [1.29, 1.82) is 0 Å². The van der Waals surface area contributed by atoms with Gasteiger partial charge in [0.25, 0.3) is 5.79 Å². The second-order valence-electron chi connectivity index (χ2n) is 8.37. The highest BCUT2D eigenvalue weighted by atomic mass is 16.7. The first-order chi connectivity index (χ1) is 11.7. The standard InChI is InChI=1S/C20H25NO4/c1-12-9-13(2)16-20(17(22)24-19(3,4)25-18(20)23)10-14-7-5-6-8-15(14)21(16)11-12/h5-8,12-13,16H,9-11H2,1-4H3/t12-,13-,16+/m1/s1. The predicted molar refractivity (Wildman–Crippen MR) is 92.9 cm³/mol. The quantitative estimate of drug-likeness (QED) is 0.535. The van der Waals surface area contributed by atoms with Crippen LogP contribution < -0.4 is 4.90 Å². The number of esters is 2. The largest absolute Gasteiger partial charge is 0.422 e. The number of ether oxygens (including phenoxy) is 2. The average Bonchev–Trinajstić information content (AvgIpc) is 2.51. The first-order valence-electron chi connectivity index (χ1n) is 9.06. The number of cyclic esters (lactones) is 2. The Morgan fingerprint density at radius 3 is 2.40 bits per heavy atom. The fourth-order valence-electron chi connectivity index (χ4n) is 5.06. The summed E-state index contributed by atoms with van der Waals surface area (Å²) in [4.78, 5) is 28.5. The zero-order chi connectivity index (χ0) is 18.0.